The normalized spacial score (nSPS) is 24.0. The van der Waals surface area contributed by atoms with Crippen molar-refractivity contribution in [3.63, 3.8) is 0 Å². The maximum Gasteiger partial charge on any atom is 0.191 e. The molecule has 1 fully saturated rings. The summed E-state index contributed by atoms with van der Waals surface area (Å²) in [4.78, 5) is 12.3. The predicted molar refractivity (Wildman–Crippen MR) is 71.5 cm³/mol. The number of benzene rings is 1. The van der Waals surface area contributed by atoms with Gasteiger partial charge in [-0.2, -0.15) is 0 Å². The van der Waals surface area contributed by atoms with Crippen molar-refractivity contribution in [1.82, 2.24) is 0 Å². The van der Waals surface area contributed by atoms with Gasteiger partial charge in [-0.25, -0.2) is 0 Å². The molecule has 1 heterocycles. The van der Waals surface area contributed by atoms with Gasteiger partial charge < -0.3 is 4.74 Å². The number of halogens is 1. The summed E-state index contributed by atoms with van der Waals surface area (Å²) in [6.07, 6.45) is 1.78. The van der Waals surface area contributed by atoms with E-state index >= 15 is 0 Å². The van der Waals surface area contributed by atoms with Crippen molar-refractivity contribution in [2.75, 3.05) is 0 Å². The quantitative estimate of drug-likeness (QED) is 0.776. The van der Waals surface area contributed by atoms with Gasteiger partial charge >= 0.3 is 0 Å². The smallest absolute Gasteiger partial charge is 0.191 e. The Morgan fingerprint density at radius 3 is 2.59 bits per heavy atom. The Hall–Kier alpha value is -0.670. The summed E-state index contributed by atoms with van der Waals surface area (Å²) in [5.41, 5.74) is 2.89. The second kappa shape index (κ2) is 4.91. The van der Waals surface area contributed by atoms with Crippen LogP contribution in [0.5, 0.6) is 0 Å². The lowest BCUT2D eigenvalue weighted by molar-refractivity contribution is 0.0433. The fourth-order valence-electron chi connectivity index (χ4n) is 2.22. The number of carbonyl (C=O) groups excluding carboxylic acids is 1. The van der Waals surface area contributed by atoms with Crippen LogP contribution in [0.1, 0.15) is 41.3 Å². The average molecular weight is 297 g/mol. The molecule has 1 aliphatic heterocycles. The fourth-order valence-corrected chi connectivity index (χ4v) is 2.67. The lowest BCUT2D eigenvalue weighted by atomic mass is 9.97. The van der Waals surface area contributed by atoms with Gasteiger partial charge in [-0.05, 0) is 56.9 Å². The van der Waals surface area contributed by atoms with Crippen LogP contribution in [0.2, 0.25) is 0 Å². The number of aryl methyl sites for hydroxylation is 2. The summed E-state index contributed by atoms with van der Waals surface area (Å²) >= 11 is 3.48. The third kappa shape index (κ3) is 2.61. The van der Waals surface area contributed by atoms with Crippen LogP contribution in [-0.4, -0.2) is 18.0 Å². The van der Waals surface area contributed by atoms with Gasteiger partial charge in [0.1, 0.15) is 6.10 Å². The highest BCUT2D eigenvalue weighted by Gasteiger charge is 2.29. The van der Waals surface area contributed by atoms with Gasteiger partial charge in [-0.1, -0.05) is 15.9 Å². The fraction of sp³-hybridized carbons (Fsp3) is 0.500. The molecule has 0 aliphatic carbocycles. The molecule has 0 bridgehead atoms. The van der Waals surface area contributed by atoms with E-state index in [0.29, 0.717) is 0 Å². The minimum atomic E-state index is -0.246. The topological polar surface area (TPSA) is 26.3 Å². The van der Waals surface area contributed by atoms with Gasteiger partial charge in [0.25, 0.3) is 0 Å². The number of ether oxygens (including phenoxy) is 1. The molecule has 0 aromatic heterocycles. The summed E-state index contributed by atoms with van der Waals surface area (Å²) < 4.78 is 6.69. The number of carbonyl (C=O) groups is 1. The van der Waals surface area contributed by atoms with E-state index in [0.717, 1.165) is 34.0 Å². The van der Waals surface area contributed by atoms with E-state index in [-0.39, 0.29) is 18.0 Å². The monoisotopic (exact) mass is 296 g/mol. The van der Waals surface area contributed by atoms with Crippen LogP contribution >= 0.6 is 15.9 Å². The number of hydrogen-bond donors (Lipinski definition) is 0. The average Bonchev–Trinajstić information content (AvgIpc) is 2.69. The van der Waals surface area contributed by atoms with Crippen molar-refractivity contribution in [2.45, 2.75) is 45.8 Å². The van der Waals surface area contributed by atoms with E-state index < -0.39 is 0 Å². The molecule has 2 unspecified atom stereocenters. The Labute approximate surface area is 110 Å². The van der Waals surface area contributed by atoms with E-state index in [4.69, 9.17) is 4.74 Å². The highest BCUT2D eigenvalue weighted by molar-refractivity contribution is 9.10. The van der Waals surface area contributed by atoms with Crippen LogP contribution in [0.4, 0.5) is 0 Å². The number of hydrogen-bond acceptors (Lipinski definition) is 2. The van der Waals surface area contributed by atoms with Crippen molar-refractivity contribution in [2.24, 2.45) is 0 Å². The lowest BCUT2D eigenvalue weighted by Gasteiger charge is -2.13. The highest BCUT2D eigenvalue weighted by Crippen LogP contribution is 2.26. The molecular formula is C14H17BrO2. The molecule has 1 aromatic rings. The van der Waals surface area contributed by atoms with Crippen LogP contribution < -0.4 is 0 Å². The molecule has 0 amide bonds. The lowest BCUT2D eigenvalue weighted by Crippen LogP contribution is -2.21. The van der Waals surface area contributed by atoms with E-state index in [1.807, 2.05) is 32.9 Å². The second-order valence-corrected chi connectivity index (χ2v) is 5.65. The van der Waals surface area contributed by atoms with Crippen LogP contribution in [0.15, 0.2) is 16.6 Å². The van der Waals surface area contributed by atoms with E-state index in [9.17, 15) is 4.79 Å². The Balaban J connectivity index is 2.28. The summed E-state index contributed by atoms with van der Waals surface area (Å²) in [6, 6.07) is 3.95. The van der Waals surface area contributed by atoms with Gasteiger partial charge in [-0.3, -0.25) is 4.79 Å². The third-order valence-corrected chi connectivity index (χ3v) is 4.15. The SMILES string of the molecule is Cc1cc(C(=O)C2CCC(C)O2)c(C)cc1Br. The van der Waals surface area contributed by atoms with Gasteiger partial charge in [0.2, 0.25) is 0 Å². The van der Waals surface area contributed by atoms with Crippen molar-refractivity contribution >= 4 is 21.7 Å². The van der Waals surface area contributed by atoms with Crippen LogP contribution in [-0.2, 0) is 4.74 Å². The predicted octanol–water partition coefficient (Wildman–Crippen LogP) is 3.82. The van der Waals surface area contributed by atoms with Gasteiger partial charge in [0.05, 0.1) is 6.10 Å². The van der Waals surface area contributed by atoms with Crippen LogP contribution in [0.25, 0.3) is 0 Å². The molecule has 0 spiro atoms. The molecular weight excluding hydrogens is 280 g/mol. The molecule has 2 atom stereocenters. The van der Waals surface area contributed by atoms with Crippen molar-refractivity contribution < 1.29 is 9.53 Å². The maximum atomic E-state index is 12.3. The molecule has 2 nitrogen and oxygen atoms in total. The van der Waals surface area contributed by atoms with Crippen LogP contribution in [0.3, 0.4) is 0 Å². The number of rotatable bonds is 2. The summed E-state index contributed by atoms with van der Waals surface area (Å²) in [7, 11) is 0. The highest BCUT2D eigenvalue weighted by atomic mass is 79.9. The molecule has 1 aliphatic rings. The molecule has 17 heavy (non-hydrogen) atoms. The second-order valence-electron chi connectivity index (χ2n) is 4.79. The minimum absolute atomic E-state index is 0.127. The largest absolute Gasteiger partial charge is 0.367 e. The molecule has 1 saturated heterocycles. The Kier molecular flexibility index (Phi) is 3.69. The zero-order valence-electron chi connectivity index (χ0n) is 10.4. The van der Waals surface area contributed by atoms with E-state index in [2.05, 4.69) is 15.9 Å². The molecule has 0 saturated carbocycles. The zero-order chi connectivity index (χ0) is 12.6. The van der Waals surface area contributed by atoms with E-state index in [1.54, 1.807) is 0 Å². The Bertz CT molecular complexity index is 454. The summed E-state index contributed by atoms with van der Waals surface area (Å²) in [5, 5.41) is 0. The molecule has 2 rings (SSSR count). The summed E-state index contributed by atoms with van der Waals surface area (Å²) in [6.45, 7) is 5.99. The van der Waals surface area contributed by atoms with Gasteiger partial charge in [0, 0.05) is 10.0 Å². The first-order valence-electron chi connectivity index (χ1n) is 5.95. The molecule has 0 N–H and O–H groups in total. The first-order valence-corrected chi connectivity index (χ1v) is 6.74. The maximum absolute atomic E-state index is 12.3. The third-order valence-electron chi connectivity index (χ3n) is 3.30. The van der Waals surface area contributed by atoms with Gasteiger partial charge in [-0.15, -0.1) is 0 Å². The van der Waals surface area contributed by atoms with Crippen molar-refractivity contribution in [3.8, 4) is 0 Å². The Morgan fingerprint density at radius 1 is 1.29 bits per heavy atom. The molecule has 1 aromatic carbocycles. The van der Waals surface area contributed by atoms with E-state index in [1.165, 1.54) is 0 Å². The van der Waals surface area contributed by atoms with Crippen LogP contribution in [0, 0.1) is 13.8 Å². The first-order chi connectivity index (χ1) is 7.99. The number of Topliss-reactive ketones (excluding diaryl/α,β-unsaturated/α-hetero) is 1. The minimum Gasteiger partial charge on any atom is -0.367 e. The van der Waals surface area contributed by atoms with Crippen molar-refractivity contribution in [3.05, 3.63) is 33.3 Å². The van der Waals surface area contributed by atoms with Gasteiger partial charge in [0.15, 0.2) is 5.78 Å². The molecule has 92 valence electrons. The van der Waals surface area contributed by atoms with Crippen molar-refractivity contribution in [1.29, 1.82) is 0 Å². The standard InChI is InChI=1S/C14H17BrO2/c1-8-7-12(15)9(2)6-11(8)14(16)13-5-4-10(3)17-13/h6-7,10,13H,4-5H2,1-3H3. The first kappa shape index (κ1) is 12.8. The zero-order valence-corrected chi connectivity index (χ0v) is 12.0. The Morgan fingerprint density at radius 2 is 2.00 bits per heavy atom. The molecule has 0 radical (unpaired) electrons. The number of ketones is 1. The summed E-state index contributed by atoms with van der Waals surface area (Å²) in [5.74, 6) is 0.127. The molecule has 3 heteroatoms.